The summed E-state index contributed by atoms with van der Waals surface area (Å²) in [7, 11) is 2.14. The number of aromatic nitrogens is 2. The van der Waals surface area contributed by atoms with Gasteiger partial charge in [0.05, 0.1) is 12.3 Å². The predicted octanol–water partition coefficient (Wildman–Crippen LogP) is 4.84. The number of hydrogen-bond donors (Lipinski definition) is 3. The van der Waals surface area contributed by atoms with E-state index < -0.39 is 0 Å². The SMILES string of the molecule is C=CC(=O)N1CCCC(N(C)CCNc2cc3cc(c2)Nc2nccc(n2)-c2cccc(c2)OCC/C=C/CNC3)C1. The van der Waals surface area contributed by atoms with Crippen molar-refractivity contribution in [1.29, 1.82) is 0 Å². The van der Waals surface area contributed by atoms with Crippen molar-refractivity contribution < 1.29 is 9.53 Å². The maximum atomic E-state index is 12.1. The molecule has 0 saturated carbocycles. The smallest absolute Gasteiger partial charge is 0.246 e. The van der Waals surface area contributed by atoms with Crippen LogP contribution in [0.5, 0.6) is 5.75 Å². The molecule has 1 amide bonds. The van der Waals surface area contributed by atoms with Gasteiger partial charge in [0.1, 0.15) is 5.75 Å². The van der Waals surface area contributed by atoms with Gasteiger partial charge in [-0.2, -0.15) is 0 Å². The van der Waals surface area contributed by atoms with Crippen LogP contribution in [0.2, 0.25) is 0 Å². The lowest BCUT2D eigenvalue weighted by molar-refractivity contribution is -0.127. The second-order valence-electron chi connectivity index (χ2n) is 10.8. The Bertz CT molecular complexity index is 1390. The number of anilines is 3. The number of hydrogen-bond acceptors (Lipinski definition) is 8. The van der Waals surface area contributed by atoms with Crippen molar-refractivity contribution in [2.24, 2.45) is 0 Å². The van der Waals surface area contributed by atoms with Crippen molar-refractivity contribution in [2.75, 3.05) is 57.0 Å². The number of nitrogens with one attached hydrogen (secondary N) is 3. The molecule has 2 aliphatic heterocycles. The number of carbonyl (C=O) groups excluding carboxylic acids is 1. The Morgan fingerprint density at radius 2 is 2.17 bits per heavy atom. The van der Waals surface area contributed by atoms with Crippen molar-refractivity contribution in [3.8, 4) is 17.0 Å². The molecule has 0 radical (unpaired) electrons. The molecule has 3 aromatic rings. The molecular weight excluding hydrogens is 526 g/mol. The second-order valence-corrected chi connectivity index (χ2v) is 10.8. The largest absolute Gasteiger partial charge is 0.493 e. The molecule has 5 rings (SSSR count). The highest BCUT2D eigenvalue weighted by Gasteiger charge is 2.24. The van der Waals surface area contributed by atoms with Crippen LogP contribution in [-0.4, -0.2) is 78.1 Å². The van der Waals surface area contributed by atoms with Crippen LogP contribution in [0.25, 0.3) is 11.3 Å². The van der Waals surface area contributed by atoms with E-state index >= 15 is 0 Å². The van der Waals surface area contributed by atoms with Gasteiger partial charge in [0.15, 0.2) is 0 Å². The standard InChI is InChI=1S/C33H41N7O2/c1-3-32(41)40-16-8-10-29(24-40)39(2)17-15-35-27-19-25-20-28(22-27)37-33-36-14-12-31(38-33)26-9-7-11-30(21-26)42-18-6-4-5-13-34-23-25/h3-5,7,9,11-12,14,19-22,29,34-35H,1,6,8,10,13,15-18,23-24H2,2H3,(H,36,37,38)/b5-4+. The zero-order valence-electron chi connectivity index (χ0n) is 24.4. The third-order valence-corrected chi connectivity index (χ3v) is 7.65. The third kappa shape index (κ3) is 8.18. The quantitative estimate of drug-likeness (QED) is 0.288. The first-order valence-corrected chi connectivity index (χ1v) is 14.8. The van der Waals surface area contributed by atoms with Crippen LogP contribution in [-0.2, 0) is 11.3 Å². The molecule has 1 fully saturated rings. The molecule has 1 unspecified atom stereocenters. The van der Waals surface area contributed by atoms with E-state index in [1.807, 2.05) is 35.2 Å². The second kappa shape index (κ2) is 14.6. The van der Waals surface area contributed by atoms with Crippen molar-refractivity contribution >= 4 is 23.2 Å². The van der Waals surface area contributed by atoms with E-state index in [2.05, 4.69) is 69.8 Å². The van der Waals surface area contributed by atoms with Gasteiger partial charge in [-0.15, -0.1) is 0 Å². The van der Waals surface area contributed by atoms with E-state index in [4.69, 9.17) is 9.72 Å². The Balaban J connectivity index is 1.29. The average Bonchev–Trinajstić information content (AvgIpc) is 3.02. The molecule has 2 aliphatic rings. The van der Waals surface area contributed by atoms with E-state index in [9.17, 15) is 4.79 Å². The molecule has 1 saturated heterocycles. The summed E-state index contributed by atoms with van der Waals surface area (Å²) in [6, 6.07) is 16.7. The molecule has 3 N–H and O–H groups in total. The number of ether oxygens (including phenoxy) is 1. The lowest BCUT2D eigenvalue weighted by Gasteiger charge is -2.37. The van der Waals surface area contributed by atoms with Gasteiger partial charge in [-0.25, -0.2) is 9.97 Å². The van der Waals surface area contributed by atoms with Gasteiger partial charge in [-0.1, -0.05) is 30.9 Å². The molecule has 42 heavy (non-hydrogen) atoms. The van der Waals surface area contributed by atoms with Crippen LogP contribution in [0.15, 0.2) is 79.5 Å². The number of likely N-dealkylation sites (tertiary alicyclic amines) is 1. The summed E-state index contributed by atoms with van der Waals surface area (Å²) in [5.74, 6) is 1.38. The van der Waals surface area contributed by atoms with Gasteiger partial charge in [-0.3, -0.25) is 9.69 Å². The van der Waals surface area contributed by atoms with Gasteiger partial charge >= 0.3 is 0 Å². The fraction of sp³-hybridized carbons (Fsp3) is 0.364. The maximum Gasteiger partial charge on any atom is 0.246 e. The number of nitrogens with zero attached hydrogens (tertiary/aromatic N) is 4. The first kappa shape index (κ1) is 29.3. The molecule has 9 heteroatoms. The minimum Gasteiger partial charge on any atom is -0.493 e. The van der Waals surface area contributed by atoms with E-state index in [0.717, 1.165) is 92.5 Å². The Hall–Kier alpha value is -4.21. The van der Waals surface area contributed by atoms with Crippen LogP contribution in [0.1, 0.15) is 24.8 Å². The molecule has 0 spiro atoms. The van der Waals surface area contributed by atoms with Crippen LogP contribution >= 0.6 is 0 Å². The van der Waals surface area contributed by atoms with E-state index in [0.29, 0.717) is 18.6 Å². The number of benzene rings is 2. The minimum absolute atomic E-state index is 0.0208. The van der Waals surface area contributed by atoms with Crippen LogP contribution < -0.4 is 20.7 Å². The molecule has 1 atom stereocenters. The van der Waals surface area contributed by atoms with E-state index in [1.165, 1.54) is 6.08 Å². The van der Waals surface area contributed by atoms with Gasteiger partial charge in [0, 0.05) is 68.4 Å². The summed E-state index contributed by atoms with van der Waals surface area (Å²) in [4.78, 5) is 25.6. The topological polar surface area (TPSA) is 94.7 Å². The summed E-state index contributed by atoms with van der Waals surface area (Å²) in [6.07, 6.45) is 10.4. The molecule has 1 aromatic heterocycles. The van der Waals surface area contributed by atoms with Gasteiger partial charge < -0.3 is 25.6 Å². The Kier molecular flexibility index (Phi) is 10.2. The Morgan fingerprint density at radius 3 is 3.07 bits per heavy atom. The zero-order chi connectivity index (χ0) is 29.1. The lowest BCUT2D eigenvalue weighted by Crippen LogP contribution is -2.49. The van der Waals surface area contributed by atoms with Crippen molar-refractivity contribution in [1.82, 2.24) is 25.1 Å². The molecule has 2 aromatic carbocycles. The highest BCUT2D eigenvalue weighted by molar-refractivity contribution is 5.87. The minimum atomic E-state index is 0.0208. The highest BCUT2D eigenvalue weighted by Crippen LogP contribution is 2.26. The van der Waals surface area contributed by atoms with Gasteiger partial charge in [0.25, 0.3) is 0 Å². The third-order valence-electron chi connectivity index (χ3n) is 7.65. The predicted molar refractivity (Wildman–Crippen MR) is 169 cm³/mol. The Morgan fingerprint density at radius 1 is 1.24 bits per heavy atom. The summed E-state index contributed by atoms with van der Waals surface area (Å²) in [5.41, 5.74) is 4.91. The summed E-state index contributed by atoms with van der Waals surface area (Å²) < 4.78 is 5.95. The van der Waals surface area contributed by atoms with Crippen molar-refractivity contribution in [3.05, 3.63) is 85.1 Å². The summed E-state index contributed by atoms with van der Waals surface area (Å²) in [5, 5.41) is 10.5. The van der Waals surface area contributed by atoms with Crippen LogP contribution in [0.4, 0.5) is 17.3 Å². The first-order valence-electron chi connectivity index (χ1n) is 14.8. The number of carbonyl (C=O) groups is 1. The first-order chi connectivity index (χ1) is 20.6. The highest BCUT2D eigenvalue weighted by atomic mass is 16.5. The number of piperidine rings is 1. The average molecular weight is 568 g/mol. The normalized spacial score (nSPS) is 18.1. The van der Waals surface area contributed by atoms with E-state index in [1.54, 1.807) is 6.20 Å². The number of rotatable bonds is 6. The summed E-state index contributed by atoms with van der Waals surface area (Å²) >= 11 is 0. The number of likely N-dealkylation sites (N-methyl/N-ethyl adjacent to an activating group) is 1. The molecule has 0 aliphatic carbocycles. The number of fused-ring (bicyclic) bond motifs is 7. The van der Waals surface area contributed by atoms with Gasteiger partial charge in [-0.05, 0) is 74.3 Å². The van der Waals surface area contributed by atoms with Crippen molar-refractivity contribution in [3.63, 3.8) is 0 Å². The monoisotopic (exact) mass is 567 g/mol. The number of amides is 1. The fourth-order valence-corrected chi connectivity index (χ4v) is 5.37. The molecule has 3 heterocycles. The lowest BCUT2D eigenvalue weighted by atomic mass is 10.0. The zero-order valence-corrected chi connectivity index (χ0v) is 24.4. The molecule has 6 bridgehead atoms. The summed E-state index contributed by atoms with van der Waals surface area (Å²) in [6.45, 7) is 8.98. The molecule has 9 nitrogen and oxygen atoms in total. The maximum absolute atomic E-state index is 12.1. The Labute approximate surface area is 248 Å². The van der Waals surface area contributed by atoms with Crippen LogP contribution in [0.3, 0.4) is 0 Å². The van der Waals surface area contributed by atoms with Gasteiger partial charge in [0.2, 0.25) is 11.9 Å². The van der Waals surface area contributed by atoms with E-state index in [-0.39, 0.29) is 5.91 Å². The van der Waals surface area contributed by atoms with Crippen LogP contribution in [0, 0.1) is 0 Å². The molecular formula is C33H41N7O2. The van der Waals surface area contributed by atoms with Crippen molar-refractivity contribution in [2.45, 2.75) is 31.8 Å². The fourth-order valence-electron chi connectivity index (χ4n) is 5.37. The molecule has 220 valence electrons.